The number of esters is 1. The first-order valence-corrected chi connectivity index (χ1v) is 6.61. The second kappa shape index (κ2) is 15.8. The summed E-state index contributed by atoms with van der Waals surface area (Å²) < 4.78 is 20.3. The lowest BCUT2D eigenvalue weighted by Crippen LogP contribution is -2.13. The van der Waals surface area contributed by atoms with E-state index in [1.54, 1.807) is 12.2 Å². The quantitative estimate of drug-likeness (QED) is 0.233. The Hall–Kier alpha value is -1.21. The van der Waals surface area contributed by atoms with Gasteiger partial charge in [0.15, 0.2) is 0 Å². The van der Waals surface area contributed by atoms with Crippen molar-refractivity contribution in [2.75, 3.05) is 52.9 Å². The monoisotopic (exact) mass is 288 g/mol. The third-order valence-electron chi connectivity index (χ3n) is 1.99. The largest absolute Gasteiger partial charge is 0.460 e. The van der Waals surface area contributed by atoms with Crippen molar-refractivity contribution < 1.29 is 28.8 Å². The summed E-state index contributed by atoms with van der Waals surface area (Å²) in [6.45, 7) is 4.59. The predicted octanol–water partition coefficient (Wildman–Crippen LogP) is 0.704. The van der Waals surface area contributed by atoms with Crippen LogP contribution in [0.3, 0.4) is 0 Å². The van der Waals surface area contributed by atoms with Gasteiger partial charge in [-0.1, -0.05) is 18.2 Å². The van der Waals surface area contributed by atoms with Gasteiger partial charge in [0.25, 0.3) is 0 Å². The zero-order valence-electron chi connectivity index (χ0n) is 12.0. The summed E-state index contributed by atoms with van der Waals surface area (Å²) in [5.74, 6) is -0.385. The van der Waals surface area contributed by atoms with Crippen LogP contribution in [0.15, 0.2) is 24.3 Å². The molecule has 116 valence electrons. The molecule has 0 aromatic heterocycles. The fraction of sp³-hybridized carbons (Fsp3) is 0.643. The Kier molecular flexibility index (Phi) is 14.9. The number of rotatable bonds is 13. The van der Waals surface area contributed by atoms with Crippen molar-refractivity contribution in [3.63, 3.8) is 0 Å². The van der Waals surface area contributed by atoms with E-state index >= 15 is 0 Å². The van der Waals surface area contributed by atoms with Gasteiger partial charge in [0, 0.05) is 6.08 Å². The van der Waals surface area contributed by atoms with Crippen LogP contribution in [0.2, 0.25) is 0 Å². The van der Waals surface area contributed by atoms with E-state index in [4.69, 9.17) is 24.1 Å². The van der Waals surface area contributed by atoms with Gasteiger partial charge in [-0.25, -0.2) is 4.79 Å². The maximum Gasteiger partial charge on any atom is 0.330 e. The predicted molar refractivity (Wildman–Crippen MR) is 74.5 cm³/mol. The first-order valence-electron chi connectivity index (χ1n) is 6.61. The van der Waals surface area contributed by atoms with Gasteiger partial charge in [0.05, 0.1) is 46.2 Å². The molecule has 6 heteroatoms. The molecular formula is C14H24O6. The Morgan fingerprint density at radius 2 is 1.45 bits per heavy atom. The van der Waals surface area contributed by atoms with Crippen molar-refractivity contribution in [2.24, 2.45) is 0 Å². The molecule has 0 bridgehead atoms. The molecule has 0 aromatic rings. The lowest BCUT2D eigenvalue weighted by Gasteiger charge is -2.06. The van der Waals surface area contributed by atoms with Crippen LogP contribution in [-0.4, -0.2) is 63.9 Å². The topological polar surface area (TPSA) is 74.2 Å². The highest BCUT2D eigenvalue weighted by Gasteiger charge is 1.96. The molecule has 0 aliphatic heterocycles. The summed E-state index contributed by atoms with van der Waals surface area (Å²) in [6.07, 6.45) is 6.55. The van der Waals surface area contributed by atoms with E-state index in [0.29, 0.717) is 39.6 Å². The van der Waals surface area contributed by atoms with E-state index in [-0.39, 0.29) is 19.2 Å². The lowest BCUT2D eigenvalue weighted by molar-refractivity contribution is -0.139. The van der Waals surface area contributed by atoms with Gasteiger partial charge in [-0.2, -0.15) is 0 Å². The van der Waals surface area contributed by atoms with Crippen molar-refractivity contribution in [2.45, 2.75) is 6.92 Å². The molecule has 0 aliphatic rings. The van der Waals surface area contributed by atoms with Crippen LogP contribution >= 0.6 is 0 Å². The zero-order valence-corrected chi connectivity index (χ0v) is 12.0. The van der Waals surface area contributed by atoms with E-state index in [0.717, 1.165) is 0 Å². The maximum atomic E-state index is 11.1. The number of allylic oxidation sites excluding steroid dienone is 3. The first-order chi connectivity index (χ1) is 9.81. The molecule has 0 aliphatic carbocycles. The Morgan fingerprint density at radius 1 is 0.900 bits per heavy atom. The molecule has 1 N–H and O–H groups in total. The molecule has 0 unspecified atom stereocenters. The van der Waals surface area contributed by atoms with E-state index in [1.165, 1.54) is 6.08 Å². The molecule has 0 radical (unpaired) electrons. The van der Waals surface area contributed by atoms with Gasteiger partial charge in [0.1, 0.15) is 6.61 Å². The molecule has 0 heterocycles. The highest BCUT2D eigenvalue weighted by molar-refractivity contribution is 5.82. The number of hydrogen-bond acceptors (Lipinski definition) is 6. The number of carbonyl (C=O) groups is 1. The number of aliphatic hydroxyl groups is 1. The van der Waals surface area contributed by atoms with Gasteiger partial charge in [-0.05, 0) is 6.92 Å². The van der Waals surface area contributed by atoms with E-state index in [9.17, 15) is 4.79 Å². The number of carbonyl (C=O) groups excluding carboxylic acids is 1. The molecule has 0 aromatic carbocycles. The first kappa shape index (κ1) is 18.8. The number of hydrogen-bond donors (Lipinski definition) is 1. The summed E-state index contributed by atoms with van der Waals surface area (Å²) in [5.41, 5.74) is 0. The summed E-state index contributed by atoms with van der Waals surface area (Å²) in [4.78, 5) is 11.1. The Labute approximate surface area is 120 Å². The minimum Gasteiger partial charge on any atom is -0.460 e. The van der Waals surface area contributed by atoms with Crippen LogP contribution in [0.1, 0.15) is 6.92 Å². The standard InChI is InChI=1S/C14H24O6/c1-2-3-4-5-14(16)20-13-12-19-11-10-18-9-8-17-7-6-15/h2-5,15H,6-13H2,1H3/b3-2+,5-4+. The minimum absolute atomic E-state index is 0.0196. The third kappa shape index (κ3) is 14.8. The average molecular weight is 288 g/mol. The highest BCUT2D eigenvalue weighted by atomic mass is 16.6. The van der Waals surface area contributed by atoms with Crippen molar-refractivity contribution in [3.8, 4) is 0 Å². The van der Waals surface area contributed by atoms with Gasteiger partial charge < -0.3 is 24.1 Å². The van der Waals surface area contributed by atoms with Crippen molar-refractivity contribution in [3.05, 3.63) is 24.3 Å². The van der Waals surface area contributed by atoms with Crippen LogP contribution in [0.4, 0.5) is 0 Å². The number of ether oxygens (including phenoxy) is 4. The average Bonchev–Trinajstić information content (AvgIpc) is 2.45. The lowest BCUT2D eigenvalue weighted by atomic mass is 10.4. The second-order valence-electron chi connectivity index (χ2n) is 3.61. The Morgan fingerprint density at radius 3 is 2.00 bits per heavy atom. The van der Waals surface area contributed by atoms with Crippen LogP contribution in [0.25, 0.3) is 0 Å². The minimum atomic E-state index is -0.385. The third-order valence-corrected chi connectivity index (χ3v) is 1.99. The SMILES string of the molecule is C/C=C/C=C/C(=O)OCCOCCOCCOCCO. The van der Waals surface area contributed by atoms with Crippen LogP contribution < -0.4 is 0 Å². The maximum absolute atomic E-state index is 11.1. The molecule has 6 nitrogen and oxygen atoms in total. The zero-order chi connectivity index (χ0) is 14.9. The fourth-order valence-electron chi connectivity index (χ4n) is 1.10. The Balaban J connectivity index is 3.18. The van der Waals surface area contributed by atoms with Crippen molar-refractivity contribution >= 4 is 5.97 Å². The van der Waals surface area contributed by atoms with Crippen LogP contribution in [0.5, 0.6) is 0 Å². The van der Waals surface area contributed by atoms with Crippen molar-refractivity contribution in [1.29, 1.82) is 0 Å². The van der Waals surface area contributed by atoms with E-state index in [1.807, 2.05) is 13.0 Å². The fourth-order valence-corrected chi connectivity index (χ4v) is 1.10. The highest BCUT2D eigenvalue weighted by Crippen LogP contribution is 1.86. The van der Waals surface area contributed by atoms with Crippen molar-refractivity contribution in [1.82, 2.24) is 0 Å². The molecule has 0 fully saturated rings. The van der Waals surface area contributed by atoms with Crippen LogP contribution in [-0.2, 0) is 23.7 Å². The normalized spacial score (nSPS) is 11.5. The molecule has 20 heavy (non-hydrogen) atoms. The Bertz CT molecular complexity index is 275. The van der Waals surface area contributed by atoms with Gasteiger partial charge in [-0.15, -0.1) is 0 Å². The summed E-state index contributed by atoms with van der Waals surface area (Å²) in [5, 5.41) is 8.46. The summed E-state index contributed by atoms with van der Waals surface area (Å²) >= 11 is 0. The molecule has 0 atom stereocenters. The second-order valence-corrected chi connectivity index (χ2v) is 3.61. The van der Waals surface area contributed by atoms with E-state index < -0.39 is 0 Å². The molecule has 0 spiro atoms. The van der Waals surface area contributed by atoms with Gasteiger partial charge >= 0.3 is 5.97 Å². The summed E-state index contributed by atoms with van der Waals surface area (Å²) in [7, 11) is 0. The van der Waals surface area contributed by atoms with Gasteiger partial charge in [-0.3, -0.25) is 0 Å². The molecule has 0 saturated carbocycles. The number of aliphatic hydroxyl groups excluding tert-OH is 1. The molecular weight excluding hydrogens is 264 g/mol. The van der Waals surface area contributed by atoms with Gasteiger partial charge in [0.2, 0.25) is 0 Å². The smallest absolute Gasteiger partial charge is 0.330 e. The van der Waals surface area contributed by atoms with Crippen LogP contribution in [0, 0.1) is 0 Å². The summed E-state index contributed by atoms with van der Waals surface area (Å²) in [6, 6.07) is 0. The van der Waals surface area contributed by atoms with E-state index in [2.05, 4.69) is 0 Å². The molecule has 0 saturated heterocycles. The molecule has 0 amide bonds. The molecule has 0 rings (SSSR count).